The van der Waals surface area contributed by atoms with E-state index in [1.165, 1.54) is 0 Å². The van der Waals surface area contributed by atoms with Crippen LogP contribution in [-0.2, 0) is 0 Å². The molecule has 3 unspecified atom stereocenters. The van der Waals surface area contributed by atoms with E-state index in [1.807, 2.05) is 6.92 Å². The van der Waals surface area contributed by atoms with Crippen molar-refractivity contribution < 1.29 is 8.78 Å². The van der Waals surface area contributed by atoms with E-state index in [1.54, 1.807) is 0 Å². The molecule has 0 aromatic carbocycles. The first kappa shape index (κ1) is 9.90. The minimum absolute atomic E-state index is 0.217. The Hall–Kier alpha value is -0.180. The van der Waals surface area contributed by atoms with E-state index in [0.717, 1.165) is 13.3 Å². The van der Waals surface area contributed by atoms with E-state index >= 15 is 0 Å². The monoisotopic (exact) mass is 177 g/mol. The van der Waals surface area contributed by atoms with Gasteiger partial charge in [0.1, 0.15) is 0 Å². The summed E-state index contributed by atoms with van der Waals surface area (Å²) < 4.78 is 25.7. The third-order valence-electron chi connectivity index (χ3n) is 2.84. The number of halogens is 2. The zero-order chi connectivity index (χ0) is 9.35. The molecular formula is C9H17F2N. The summed E-state index contributed by atoms with van der Waals surface area (Å²) in [7, 11) is 0. The van der Waals surface area contributed by atoms with Gasteiger partial charge in [0.15, 0.2) is 0 Å². The van der Waals surface area contributed by atoms with Gasteiger partial charge in [-0.05, 0) is 25.7 Å². The maximum Gasteiger partial charge on any atom is 0.260 e. The van der Waals surface area contributed by atoms with Crippen molar-refractivity contribution in [1.29, 1.82) is 0 Å². The van der Waals surface area contributed by atoms with Gasteiger partial charge in [0.25, 0.3) is 5.92 Å². The third-order valence-corrected chi connectivity index (χ3v) is 2.84. The second-order valence-electron chi connectivity index (χ2n) is 4.02. The van der Waals surface area contributed by atoms with Gasteiger partial charge in [-0.2, -0.15) is 0 Å². The molecule has 1 saturated heterocycles. The lowest BCUT2D eigenvalue weighted by molar-refractivity contribution is -0.0368. The molecule has 0 radical (unpaired) electrons. The van der Waals surface area contributed by atoms with Crippen molar-refractivity contribution in [1.82, 2.24) is 5.32 Å². The van der Waals surface area contributed by atoms with Crippen LogP contribution in [0.1, 0.15) is 33.6 Å². The molecule has 1 aliphatic heterocycles. The molecule has 12 heavy (non-hydrogen) atoms. The van der Waals surface area contributed by atoms with Gasteiger partial charge in [0, 0.05) is 13.0 Å². The van der Waals surface area contributed by atoms with Gasteiger partial charge >= 0.3 is 0 Å². The van der Waals surface area contributed by atoms with Gasteiger partial charge in [-0.25, -0.2) is 8.78 Å². The second-order valence-corrected chi connectivity index (χ2v) is 4.02. The summed E-state index contributed by atoms with van der Waals surface area (Å²) in [6.45, 7) is 5.07. The highest BCUT2D eigenvalue weighted by Crippen LogP contribution is 2.28. The van der Waals surface area contributed by atoms with E-state index in [4.69, 9.17) is 0 Å². The quantitative estimate of drug-likeness (QED) is 0.648. The Morgan fingerprint density at radius 3 is 2.25 bits per heavy atom. The molecular weight excluding hydrogens is 160 g/mol. The van der Waals surface area contributed by atoms with Gasteiger partial charge in [0.05, 0.1) is 6.04 Å². The molecule has 1 nitrogen and oxygen atoms in total. The molecule has 1 rings (SSSR count). The van der Waals surface area contributed by atoms with Crippen LogP contribution in [0, 0.1) is 5.92 Å². The molecule has 1 heterocycles. The lowest BCUT2D eigenvalue weighted by atomic mass is 9.88. The van der Waals surface area contributed by atoms with E-state index in [9.17, 15) is 8.78 Å². The molecule has 0 spiro atoms. The second kappa shape index (κ2) is 3.29. The molecule has 0 aliphatic carbocycles. The smallest absolute Gasteiger partial charge is 0.260 e. The Labute approximate surface area is 72.5 Å². The summed E-state index contributed by atoms with van der Waals surface area (Å²) in [5.41, 5.74) is 0. The Morgan fingerprint density at radius 1 is 1.25 bits per heavy atom. The zero-order valence-corrected chi connectivity index (χ0v) is 7.90. The summed E-state index contributed by atoms with van der Waals surface area (Å²) in [5, 5.41) is 2.96. The predicted molar refractivity (Wildman–Crippen MR) is 45.4 cm³/mol. The van der Waals surface area contributed by atoms with Crippen LogP contribution in [0.15, 0.2) is 0 Å². The van der Waals surface area contributed by atoms with Crippen molar-refractivity contribution in [3.05, 3.63) is 0 Å². The highest BCUT2D eigenvalue weighted by Gasteiger charge is 2.38. The number of hydrogen-bond donors (Lipinski definition) is 1. The van der Waals surface area contributed by atoms with Crippen molar-refractivity contribution in [2.24, 2.45) is 5.92 Å². The van der Waals surface area contributed by atoms with E-state index in [2.05, 4.69) is 12.2 Å². The van der Waals surface area contributed by atoms with E-state index in [-0.39, 0.29) is 6.04 Å². The van der Waals surface area contributed by atoms with Crippen LogP contribution in [0.3, 0.4) is 0 Å². The molecule has 3 heteroatoms. The fourth-order valence-corrected chi connectivity index (χ4v) is 1.64. The van der Waals surface area contributed by atoms with Crippen LogP contribution in [-0.4, -0.2) is 18.0 Å². The van der Waals surface area contributed by atoms with Crippen LogP contribution in [0.2, 0.25) is 0 Å². The molecule has 0 aromatic heterocycles. The fourth-order valence-electron chi connectivity index (χ4n) is 1.64. The maximum absolute atomic E-state index is 12.8. The molecule has 0 aromatic rings. The number of piperidine rings is 1. The first-order valence-electron chi connectivity index (χ1n) is 4.55. The molecule has 0 amide bonds. The van der Waals surface area contributed by atoms with E-state index < -0.39 is 12.0 Å². The van der Waals surface area contributed by atoms with Gasteiger partial charge in [-0.3, -0.25) is 0 Å². The highest BCUT2D eigenvalue weighted by molar-refractivity contribution is 4.88. The van der Waals surface area contributed by atoms with E-state index in [0.29, 0.717) is 12.3 Å². The Morgan fingerprint density at radius 2 is 1.83 bits per heavy atom. The first-order valence-corrected chi connectivity index (χ1v) is 4.55. The summed E-state index contributed by atoms with van der Waals surface area (Å²) in [5.74, 6) is -2.06. The normalized spacial score (nSPS) is 38.2. The topological polar surface area (TPSA) is 12.0 Å². The van der Waals surface area contributed by atoms with Gasteiger partial charge in [-0.1, -0.05) is 6.92 Å². The lowest BCUT2D eigenvalue weighted by Gasteiger charge is -2.36. The molecule has 1 N–H and O–H groups in total. The minimum Gasteiger partial charge on any atom is -0.306 e. The SMILES string of the molecule is CC1CCC(C(C)(F)F)NC1C. The zero-order valence-electron chi connectivity index (χ0n) is 7.90. The molecule has 3 atom stereocenters. The average Bonchev–Trinajstić information content (AvgIpc) is 1.92. The molecule has 0 bridgehead atoms. The molecule has 1 fully saturated rings. The van der Waals surface area contributed by atoms with Crippen LogP contribution in [0.4, 0.5) is 8.78 Å². The van der Waals surface area contributed by atoms with Crippen LogP contribution in [0.25, 0.3) is 0 Å². The number of alkyl halides is 2. The first-order chi connectivity index (χ1) is 5.41. The lowest BCUT2D eigenvalue weighted by Crippen LogP contribution is -2.52. The van der Waals surface area contributed by atoms with Gasteiger partial charge < -0.3 is 5.32 Å². The summed E-state index contributed by atoms with van der Waals surface area (Å²) >= 11 is 0. The van der Waals surface area contributed by atoms with Crippen molar-refractivity contribution in [3.8, 4) is 0 Å². The average molecular weight is 177 g/mol. The standard InChI is InChI=1S/C9H17F2N/c1-6-4-5-8(9(3,10)11)12-7(6)2/h6-8,12H,4-5H2,1-3H3. The Bertz CT molecular complexity index is 153. The van der Waals surface area contributed by atoms with Crippen molar-refractivity contribution in [2.45, 2.75) is 51.6 Å². The number of hydrogen-bond acceptors (Lipinski definition) is 1. The highest BCUT2D eigenvalue weighted by atomic mass is 19.3. The number of rotatable bonds is 1. The molecule has 0 saturated carbocycles. The fraction of sp³-hybridized carbons (Fsp3) is 1.00. The Balaban J connectivity index is 2.51. The minimum atomic E-state index is -2.58. The van der Waals surface area contributed by atoms with Crippen molar-refractivity contribution in [2.75, 3.05) is 0 Å². The van der Waals surface area contributed by atoms with Crippen molar-refractivity contribution >= 4 is 0 Å². The molecule has 1 aliphatic rings. The Kier molecular flexibility index (Phi) is 2.71. The molecule has 72 valence electrons. The van der Waals surface area contributed by atoms with Crippen molar-refractivity contribution in [3.63, 3.8) is 0 Å². The van der Waals surface area contributed by atoms with Gasteiger partial charge in [0.2, 0.25) is 0 Å². The predicted octanol–water partition coefficient (Wildman–Crippen LogP) is 2.42. The summed E-state index contributed by atoms with van der Waals surface area (Å²) in [4.78, 5) is 0. The van der Waals surface area contributed by atoms with Gasteiger partial charge in [-0.15, -0.1) is 0 Å². The maximum atomic E-state index is 12.8. The number of nitrogens with one attached hydrogen (secondary N) is 1. The van der Waals surface area contributed by atoms with Crippen LogP contribution < -0.4 is 5.32 Å². The summed E-state index contributed by atoms with van der Waals surface area (Å²) in [6, 6.07) is -0.404. The largest absolute Gasteiger partial charge is 0.306 e. The summed E-state index contributed by atoms with van der Waals surface area (Å²) in [6.07, 6.45) is 1.50. The van der Waals surface area contributed by atoms with Crippen LogP contribution in [0.5, 0.6) is 0 Å². The third kappa shape index (κ3) is 2.16. The van der Waals surface area contributed by atoms with Crippen LogP contribution >= 0.6 is 0 Å².